The molecular formula is C11H16N2O3. The number of hydrogen-bond donors (Lipinski definition) is 0. The molecule has 0 radical (unpaired) electrons. The van der Waals surface area contributed by atoms with E-state index in [0.717, 1.165) is 0 Å². The van der Waals surface area contributed by atoms with Gasteiger partial charge < -0.3 is 4.74 Å². The number of nitrogens with zero attached hydrogens (tertiary/aromatic N) is 2. The Morgan fingerprint density at radius 3 is 2.50 bits per heavy atom. The molecule has 1 aromatic heterocycles. The van der Waals surface area contributed by atoms with Crippen molar-refractivity contribution in [3.05, 3.63) is 28.2 Å². The lowest BCUT2D eigenvalue weighted by Gasteiger charge is -2.10. The highest BCUT2D eigenvalue weighted by Gasteiger charge is 2.16. The van der Waals surface area contributed by atoms with Crippen LogP contribution in [0.3, 0.4) is 0 Å². The fraction of sp³-hybridized carbons (Fsp3) is 0.545. The van der Waals surface area contributed by atoms with E-state index in [1.54, 1.807) is 13.8 Å². The molecule has 1 aromatic rings. The maximum absolute atomic E-state index is 11.8. The van der Waals surface area contributed by atoms with Crippen molar-refractivity contribution in [3.63, 3.8) is 0 Å². The smallest absolute Gasteiger partial charge is 0.344 e. The van der Waals surface area contributed by atoms with E-state index in [4.69, 9.17) is 4.74 Å². The number of aromatic nitrogens is 2. The maximum atomic E-state index is 11.8. The molecule has 0 aliphatic rings. The molecule has 0 unspecified atom stereocenters. The third-order valence-corrected chi connectivity index (χ3v) is 1.92. The van der Waals surface area contributed by atoms with Crippen LogP contribution >= 0.6 is 0 Å². The van der Waals surface area contributed by atoms with Crippen LogP contribution in [0.2, 0.25) is 0 Å². The van der Waals surface area contributed by atoms with Gasteiger partial charge in [0.05, 0.1) is 12.1 Å². The van der Waals surface area contributed by atoms with Gasteiger partial charge in [-0.1, -0.05) is 0 Å². The van der Waals surface area contributed by atoms with Crippen molar-refractivity contribution in [1.82, 2.24) is 9.78 Å². The molecule has 5 heteroatoms. The molecule has 0 aliphatic heterocycles. The number of carbonyl (C=O) groups is 1. The van der Waals surface area contributed by atoms with Gasteiger partial charge in [0.1, 0.15) is 5.56 Å². The molecule has 0 saturated carbocycles. The van der Waals surface area contributed by atoms with E-state index in [1.165, 1.54) is 16.9 Å². The summed E-state index contributed by atoms with van der Waals surface area (Å²) in [6.45, 7) is 7.12. The summed E-state index contributed by atoms with van der Waals surface area (Å²) in [6, 6.07) is 1.30. The first-order valence-corrected chi connectivity index (χ1v) is 5.22. The Bertz CT molecular complexity index is 435. The second kappa shape index (κ2) is 4.92. The second-order valence-electron chi connectivity index (χ2n) is 4.04. The number of hydrogen-bond acceptors (Lipinski definition) is 4. The Morgan fingerprint density at radius 2 is 2.00 bits per heavy atom. The van der Waals surface area contributed by atoms with Crippen LogP contribution in [0.1, 0.15) is 44.1 Å². The van der Waals surface area contributed by atoms with Gasteiger partial charge in [0.15, 0.2) is 0 Å². The summed E-state index contributed by atoms with van der Waals surface area (Å²) in [5.41, 5.74) is -0.388. The third kappa shape index (κ3) is 2.68. The van der Waals surface area contributed by atoms with E-state index in [1.807, 2.05) is 13.8 Å². The van der Waals surface area contributed by atoms with Crippen molar-refractivity contribution in [3.8, 4) is 0 Å². The molecule has 88 valence electrons. The van der Waals surface area contributed by atoms with Gasteiger partial charge in [-0.15, -0.1) is 0 Å². The molecule has 0 fully saturated rings. The summed E-state index contributed by atoms with van der Waals surface area (Å²) in [6.07, 6.45) is 1.19. The monoisotopic (exact) mass is 224 g/mol. The summed E-state index contributed by atoms with van der Waals surface area (Å²) in [5.74, 6) is -0.600. The minimum atomic E-state index is -0.600. The zero-order valence-corrected chi connectivity index (χ0v) is 9.93. The topological polar surface area (TPSA) is 61.2 Å². The molecule has 0 saturated heterocycles. The molecule has 0 amide bonds. The molecule has 0 N–H and O–H groups in total. The van der Waals surface area contributed by atoms with E-state index >= 15 is 0 Å². The average molecular weight is 224 g/mol. The molecule has 0 aromatic carbocycles. The molecule has 0 spiro atoms. The number of rotatable bonds is 3. The van der Waals surface area contributed by atoms with E-state index in [2.05, 4.69) is 5.10 Å². The fourth-order valence-corrected chi connectivity index (χ4v) is 1.23. The molecule has 5 nitrogen and oxygen atoms in total. The molecule has 1 heterocycles. The SMILES string of the molecule is CC(C)OC(=O)c1ccnn(C(C)C)c1=O. The van der Waals surface area contributed by atoms with Crippen LogP contribution < -0.4 is 5.56 Å². The Hall–Kier alpha value is -1.65. The summed E-state index contributed by atoms with van der Waals surface area (Å²) in [4.78, 5) is 23.4. The van der Waals surface area contributed by atoms with Crippen molar-refractivity contribution in [2.75, 3.05) is 0 Å². The predicted octanol–water partition coefficient (Wildman–Crippen LogP) is 1.39. The van der Waals surface area contributed by atoms with Crippen molar-refractivity contribution < 1.29 is 9.53 Å². The van der Waals surface area contributed by atoms with Crippen molar-refractivity contribution in [1.29, 1.82) is 0 Å². The van der Waals surface area contributed by atoms with Crippen LogP contribution in [-0.2, 0) is 4.74 Å². The Balaban J connectivity index is 3.11. The highest BCUT2D eigenvalue weighted by atomic mass is 16.5. The Labute approximate surface area is 94.0 Å². The zero-order chi connectivity index (χ0) is 12.3. The van der Waals surface area contributed by atoms with Crippen molar-refractivity contribution in [2.45, 2.75) is 39.8 Å². The third-order valence-electron chi connectivity index (χ3n) is 1.92. The minimum absolute atomic E-state index is 0.0254. The van der Waals surface area contributed by atoms with Gasteiger partial charge in [-0.2, -0.15) is 5.10 Å². The van der Waals surface area contributed by atoms with E-state index in [-0.39, 0.29) is 17.7 Å². The summed E-state index contributed by atoms with van der Waals surface area (Å²) < 4.78 is 6.23. The largest absolute Gasteiger partial charge is 0.459 e. The molecule has 0 aliphatic carbocycles. The fourth-order valence-electron chi connectivity index (χ4n) is 1.23. The quantitative estimate of drug-likeness (QED) is 0.728. The highest BCUT2D eigenvalue weighted by molar-refractivity contribution is 5.88. The van der Waals surface area contributed by atoms with E-state index < -0.39 is 11.5 Å². The summed E-state index contributed by atoms with van der Waals surface area (Å²) in [5, 5.41) is 3.90. The van der Waals surface area contributed by atoms with Gasteiger partial charge in [0.2, 0.25) is 0 Å². The van der Waals surface area contributed by atoms with E-state index in [0.29, 0.717) is 0 Å². The standard InChI is InChI=1S/C11H16N2O3/c1-7(2)13-10(14)9(5-6-12-13)11(15)16-8(3)4/h5-8H,1-4H3. The van der Waals surface area contributed by atoms with E-state index in [9.17, 15) is 9.59 Å². The van der Waals surface area contributed by atoms with Crippen LogP contribution in [-0.4, -0.2) is 21.9 Å². The van der Waals surface area contributed by atoms with Gasteiger partial charge in [-0.05, 0) is 33.8 Å². The van der Waals surface area contributed by atoms with Crippen LogP contribution in [0.25, 0.3) is 0 Å². The zero-order valence-electron chi connectivity index (χ0n) is 9.93. The number of carbonyl (C=O) groups excluding carboxylic acids is 1. The molecule has 1 rings (SSSR count). The highest BCUT2D eigenvalue weighted by Crippen LogP contribution is 2.01. The normalized spacial score (nSPS) is 10.9. The van der Waals surface area contributed by atoms with Crippen LogP contribution in [0, 0.1) is 0 Å². The first kappa shape index (κ1) is 12.4. The molecule has 0 bridgehead atoms. The van der Waals surface area contributed by atoms with Crippen LogP contribution in [0.4, 0.5) is 0 Å². The van der Waals surface area contributed by atoms with Crippen molar-refractivity contribution in [2.24, 2.45) is 0 Å². The lowest BCUT2D eigenvalue weighted by molar-refractivity contribution is 0.0374. The summed E-state index contributed by atoms with van der Waals surface area (Å²) >= 11 is 0. The number of ether oxygens (including phenoxy) is 1. The Kier molecular flexibility index (Phi) is 3.82. The van der Waals surface area contributed by atoms with Gasteiger partial charge >= 0.3 is 5.97 Å². The average Bonchev–Trinajstić information content (AvgIpc) is 2.16. The van der Waals surface area contributed by atoms with Crippen LogP contribution in [0.5, 0.6) is 0 Å². The molecule has 0 atom stereocenters. The number of esters is 1. The van der Waals surface area contributed by atoms with Gasteiger partial charge in [-0.3, -0.25) is 4.79 Å². The lowest BCUT2D eigenvalue weighted by atomic mass is 10.3. The first-order chi connectivity index (χ1) is 7.43. The van der Waals surface area contributed by atoms with Gasteiger partial charge in [0.25, 0.3) is 5.56 Å². The Morgan fingerprint density at radius 1 is 1.38 bits per heavy atom. The molecular weight excluding hydrogens is 208 g/mol. The summed E-state index contributed by atoms with van der Waals surface area (Å²) in [7, 11) is 0. The van der Waals surface area contributed by atoms with Gasteiger partial charge in [-0.25, -0.2) is 9.48 Å². The van der Waals surface area contributed by atoms with Crippen molar-refractivity contribution >= 4 is 5.97 Å². The minimum Gasteiger partial charge on any atom is -0.459 e. The maximum Gasteiger partial charge on any atom is 0.344 e. The van der Waals surface area contributed by atoms with Crippen LogP contribution in [0.15, 0.2) is 17.1 Å². The predicted molar refractivity (Wildman–Crippen MR) is 59.4 cm³/mol. The lowest BCUT2D eigenvalue weighted by Crippen LogP contribution is -2.30. The molecule has 16 heavy (non-hydrogen) atoms. The van der Waals surface area contributed by atoms with Gasteiger partial charge in [0, 0.05) is 6.20 Å². The first-order valence-electron chi connectivity index (χ1n) is 5.22. The second-order valence-corrected chi connectivity index (χ2v) is 4.04.